The Hall–Kier alpha value is -2.27. The summed E-state index contributed by atoms with van der Waals surface area (Å²) in [4.78, 5) is 6.60. The van der Waals surface area contributed by atoms with Crippen LogP contribution >= 0.6 is 24.0 Å². The van der Waals surface area contributed by atoms with E-state index in [2.05, 4.69) is 15.2 Å². The first-order valence-corrected chi connectivity index (χ1v) is 10.1. The number of hydrogen-bond donors (Lipinski definition) is 1. The Labute approximate surface area is 205 Å². The van der Waals surface area contributed by atoms with Crippen molar-refractivity contribution in [1.82, 2.24) is 10.2 Å². The summed E-state index contributed by atoms with van der Waals surface area (Å²) >= 11 is 0. The standard InChI is InChI=1S/C23H30FN3O4.HI/c1-15-13-27(14-22(31-15)16-6-8-18(24)9-7-16)23(25-2)26-12-17-10-20(29-4)21(30-5)11-19(17)28-3;/h6-11,15,22H,12-14H2,1-5H3,(H,25,26);1H. The van der Waals surface area contributed by atoms with Gasteiger partial charge in [-0.1, -0.05) is 12.1 Å². The Bertz CT molecular complexity index is 911. The average molecular weight is 559 g/mol. The van der Waals surface area contributed by atoms with E-state index in [9.17, 15) is 4.39 Å². The normalized spacial score (nSPS) is 18.6. The first kappa shape index (κ1) is 26.0. The van der Waals surface area contributed by atoms with Crippen molar-refractivity contribution >= 4 is 29.9 Å². The van der Waals surface area contributed by atoms with Crippen LogP contribution in [0.4, 0.5) is 4.39 Å². The maximum atomic E-state index is 13.3. The molecule has 0 aliphatic carbocycles. The largest absolute Gasteiger partial charge is 0.496 e. The minimum absolute atomic E-state index is 0. The van der Waals surface area contributed by atoms with E-state index < -0.39 is 0 Å². The van der Waals surface area contributed by atoms with Gasteiger partial charge in [-0.3, -0.25) is 4.99 Å². The summed E-state index contributed by atoms with van der Waals surface area (Å²) in [6.45, 7) is 3.82. The number of rotatable bonds is 6. The van der Waals surface area contributed by atoms with Crippen LogP contribution in [0, 0.1) is 5.82 Å². The van der Waals surface area contributed by atoms with Crippen molar-refractivity contribution < 1.29 is 23.3 Å². The molecule has 9 heteroatoms. The van der Waals surface area contributed by atoms with Crippen molar-refractivity contribution in [1.29, 1.82) is 0 Å². The minimum Gasteiger partial charge on any atom is -0.496 e. The summed E-state index contributed by atoms with van der Waals surface area (Å²) in [5.74, 6) is 2.42. The number of nitrogens with zero attached hydrogens (tertiary/aromatic N) is 2. The van der Waals surface area contributed by atoms with Crippen molar-refractivity contribution in [3.05, 3.63) is 53.3 Å². The third kappa shape index (κ3) is 6.16. The molecule has 0 aromatic heterocycles. The molecule has 0 saturated carbocycles. The fourth-order valence-electron chi connectivity index (χ4n) is 3.72. The van der Waals surface area contributed by atoms with E-state index in [1.807, 2.05) is 13.0 Å². The quantitative estimate of drug-likeness (QED) is 0.328. The lowest BCUT2D eigenvalue weighted by atomic mass is 10.1. The molecule has 1 aliphatic heterocycles. The van der Waals surface area contributed by atoms with Crippen LogP contribution < -0.4 is 19.5 Å². The molecule has 3 rings (SSSR count). The number of hydrogen-bond acceptors (Lipinski definition) is 5. The highest BCUT2D eigenvalue weighted by Gasteiger charge is 2.28. The first-order valence-electron chi connectivity index (χ1n) is 10.1. The molecule has 0 spiro atoms. The molecule has 32 heavy (non-hydrogen) atoms. The fourth-order valence-corrected chi connectivity index (χ4v) is 3.72. The number of nitrogens with one attached hydrogen (secondary N) is 1. The second-order valence-electron chi connectivity index (χ2n) is 7.31. The lowest BCUT2D eigenvalue weighted by Gasteiger charge is -2.38. The summed E-state index contributed by atoms with van der Waals surface area (Å²) in [5.41, 5.74) is 1.85. The zero-order valence-corrected chi connectivity index (χ0v) is 21.4. The predicted molar refractivity (Wildman–Crippen MR) is 133 cm³/mol. The van der Waals surface area contributed by atoms with E-state index in [-0.39, 0.29) is 42.0 Å². The van der Waals surface area contributed by atoms with Crippen molar-refractivity contribution in [2.45, 2.75) is 25.7 Å². The Morgan fingerprint density at radius 3 is 2.28 bits per heavy atom. The SMILES string of the molecule is CN=C(NCc1cc(OC)c(OC)cc1OC)N1CC(C)OC(c2ccc(F)cc2)C1.I. The van der Waals surface area contributed by atoms with Gasteiger partial charge in [-0.05, 0) is 30.7 Å². The summed E-state index contributed by atoms with van der Waals surface area (Å²) in [6.07, 6.45) is -0.170. The van der Waals surface area contributed by atoms with E-state index >= 15 is 0 Å². The molecule has 0 bridgehead atoms. The van der Waals surface area contributed by atoms with Crippen molar-refractivity contribution in [2.75, 3.05) is 41.5 Å². The molecular weight excluding hydrogens is 528 g/mol. The lowest BCUT2D eigenvalue weighted by Crippen LogP contribution is -2.50. The van der Waals surface area contributed by atoms with Crippen LogP contribution in [0.25, 0.3) is 0 Å². The molecule has 0 radical (unpaired) electrons. The maximum Gasteiger partial charge on any atom is 0.194 e. The number of benzene rings is 2. The molecule has 1 N–H and O–H groups in total. The predicted octanol–water partition coefficient (Wildman–Crippen LogP) is 4.01. The molecule has 2 atom stereocenters. The molecule has 0 amide bonds. The van der Waals surface area contributed by atoms with Crippen LogP contribution in [0.1, 0.15) is 24.2 Å². The highest BCUT2D eigenvalue weighted by molar-refractivity contribution is 14.0. The first-order chi connectivity index (χ1) is 15.0. The van der Waals surface area contributed by atoms with Crippen molar-refractivity contribution in [3.8, 4) is 17.2 Å². The van der Waals surface area contributed by atoms with Gasteiger partial charge >= 0.3 is 0 Å². The Morgan fingerprint density at radius 2 is 1.69 bits per heavy atom. The number of guanidine groups is 1. The zero-order valence-electron chi connectivity index (χ0n) is 19.1. The van der Waals surface area contributed by atoms with E-state index in [1.165, 1.54) is 12.1 Å². The van der Waals surface area contributed by atoms with Gasteiger partial charge in [0.15, 0.2) is 17.5 Å². The minimum atomic E-state index is -0.259. The fraction of sp³-hybridized carbons (Fsp3) is 0.435. The van der Waals surface area contributed by atoms with Gasteiger partial charge < -0.3 is 29.2 Å². The highest BCUT2D eigenvalue weighted by atomic mass is 127. The molecule has 1 heterocycles. The Kier molecular flexibility index (Phi) is 9.83. The van der Waals surface area contributed by atoms with Crippen LogP contribution in [0.15, 0.2) is 41.4 Å². The van der Waals surface area contributed by atoms with Crippen LogP contribution in [-0.4, -0.2) is 58.4 Å². The molecule has 176 valence electrons. The maximum absolute atomic E-state index is 13.3. The molecule has 1 fully saturated rings. The summed E-state index contributed by atoms with van der Waals surface area (Å²) in [7, 11) is 6.57. The smallest absolute Gasteiger partial charge is 0.194 e. The monoisotopic (exact) mass is 559 g/mol. The second-order valence-corrected chi connectivity index (χ2v) is 7.31. The van der Waals surface area contributed by atoms with E-state index in [1.54, 1.807) is 46.6 Å². The average Bonchev–Trinajstić information content (AvgIpc) is 2.79. The molecule has 7 nitrogen and oxygen atoms in total. The second kappa shape index (κ2) is 12.1. The topological polar surface area (TPSA) is 64.6 Å². The molecule has 1 saturated heterocycles. The number of aliphatic imine (C=N–C) groups is 1. The number of halogens is 2. The van der Waals surface area contributed by atoms with Gasteiger partial charge in [0.05, 0.1) is 34.0 Å². The van der Waals surface area contributed by atoms with Crippen LogP contribution in [-0.2, 0) is 11.3 Å². The van der Waals surface area contributed by atoms with Crippen LogP contribution in [0.3, 0.4) is 0 Å². The van der Waals surface area contributed by atoms with E-state index in [0.29, 0.717) is 36.9 Å². The summed E-state index contributed by atoms with van der Waals surface area (Å²) in [6, 6.07) is 10.1. The molecule has 2 aromatic rings. The van der Waals surface area contributed by atoms with Gasteiger partial charge in [-0.25, -0.2) is 4.39 Å². The number of methoxy groups -OCH3 is 3. The number of ether oxygens (including phenoxy) is 4. The molecule has 2 aromatic carbocycles. The van der Waals surface area contributed by atoms with Gasteiger partial charge in [-0.15, -0.1) is 24.0 Å². The Morgan fingerprint density at radius 1 is 1.06 bits per heavy atom. The van der Waals surface area contributed by atoms with Gasteiger partial charge in [0, 0.05) is 31.8 Å². The molecule has 2 unspecified atom stereocenters. The van der Waals surface area contributed by atoms with Crippen molar-refractivity contribution in [3.63, 3.8) is 0 Å². The third-order valence-corrected chi connectivity index (χ3v) is 5.24. The van der Waals surface area contributed by atoms with Crippen LogP contribution in [0.2, 0.25) is 0 Å². The molecular formula is C23H31FIN3O4. The van der Waals surface area contributed by atoms with E-state index in [4.69, 9.17) is 18.9 Å². The Balaban J connectivity index is 0.00000363. The number of morpholine rings is 1. The summed E-state index contributed by atoms with van der Waals surface area (Å²) < 4.78 is 35.7. The van der Waals surface area contributed by atoms with Gasteiger partial charge in [0.2, 0.25) is 0 Å². The summed E-state index contributed by atoms with van der Waals surface area (Å²) in [5, 5.41) is 3.40. The van der Waals surface area contributed by atoms with Crippen LogP contribution in [0.5, 0.6) is 17.2 Å². The lowest BCUT2D eigenvalue weighted by molar-refractivity contribution is -0.0605. The van der Waals surface area contributed by atoms with Gasteiger partial charge in [0.1, 0.15) is 17.7 Å². The van der Waals surface area contributed by atoms with Crippen molar-refractivity contribution in [2.24, 2.45) is 4.99 Å². The van der Waals surface area contributed by atoms with Gasteiger partial charge in [0.25, 0.3) is 0 Å². The highest BCUT2D eigenvalue weighted by Crippen LogP contribution is 2.34. The zero-order chi connectivity index (χ0) is 22.4. The van der Waals surface area contributed by atoms with Gasteiger partial charge in [-0.2, -0.15) is 0 Å². The van der Waals surface area contributed by atoms with E-state index in [0.717, 1.165) is 17.1 Å². The molecule has 1 aliphatic rings. The third-order valence-electron chi connectivity index (χ3n) is 5.24.